The van der Waals surface area contributed by atoms with Crippen molar-refractivity contribution in [1.82, 2.24) is 0 Å². The van der Waals surface area contributed by atoms with Gasteiger partial charge in [0.1, 0.15) is 22.7 Å². The summed E-state index contributed by atoms with van der Waals surface area (Å²) in [5.41, 5.74) is -0.345. The zero-order valence-corrected chi connectivity index (χ0v) is 9.66. The van der Waals surface area contributed by atoms with E-state index in [1.165, 1.54) is 6.07 Å². The molecular weight excluding hydrogens is 265 g/mol. The summed E-state index contributed by atoms with van der Waals surface area (Å²) in [5, 5.41) is 27.8. The van der Waals surface area contributed by atoms with Gasteiger partial charge in [-0.25, -0.2) is 0 Å². The standard InChI is InChI=1S/C10H3Cl2N3O2/c11-8-3-9(12)10(15(16)17)2-7(8)1-6(4-13)5-14/h1-3H. The Morgan fingerprint density at radius 2 is 1.88 bits per heavy atom. The van der Waals surface area contributed by atoms with Crippen molar-refractivity contribution in [3.8, 4) is 12.1 Å². The molecule has 0 aliphatic rings. The smallest absolute Gasteiger partial charge is 0.258 e. The average molecular weight is 268 g/mol. The first-order valence-electron chi connectivity index (χ1n) is 4.15. The van der Waals surface area contributed by atoms with Gasteiger partial charge in [0, 0.05) is 16.7 Å². The highest BCUT2D eigenvalue weighted by Crippen LogP contribution is 2.31. The number of nitro benzene ring substituents is 1. The number of hydrogen-bond acceptors (Lipinski definition) is 4. The van der Waals surface area contributed by atoms with Crippen molar-refractivity contribution in [1.29, 1.82) is 10.5 Å². The molecule has 0 unspecified atom stereocenters. The highest BCUT2D eigenvalue weighted by Gasteiger charge is 2.15. The largest absolute Gasteiger partial charge is 0.288 e. The van der Waals surface area contributed by atoms with Crippen LogP contribution < -0.4 is 0 Å². The molecular formula is C10H3Cl2N3O2. The van der Waals surface area contributed by atoms with Crippen molar-refractivity contribution in [3.05, 3.63) is 43.4 Å². The Hall–Kier alpha value is -2.08. The van der Waals surface area contributed by atoms with Gasteiger partial charge in [0.15, 0.2) is 0 Å². The maximum atomic E-state index is 10.6. The lowest BCUT2D eigenvalue weighted by Gasteiger charge is -2.00. The molecule has 1 aromatic carbocycles. The highest BCUT2D eigenvalue weighted by molar-refractivity contribution is 6.36. The first-order valence-corrected chi connectivity index (χ1v) is 4.90. The summed E-state index contributed by atoms with van der Waals surface area (Å²) in [5.74, 6) is 0. The first-order chi connectivity index (χ1) is 7.99. The van der Waals surface area contributed by atoms with Gasteiger partial charge in [-0.2, -0.15) is 10.5 Å². The second-order valence-electron chi connectivity index (χ2n) is 2.86. The molecule has 0 atom stereocenters. The van der Waals surface area contributed by atoms with E-state index in [1.54, 1.807) is 12.1 Å². The molecule has 0 fully saturated rings. The molecule has 5 nitrogen and oxygen atoms in total. The van der Waals surface area contributed by atoms with E-state index in [-0.39, 0.29) is 26.9 Å². The number of nitro groups is 1. The Morgan fingerprint density at radius 3 is 2.35 bits per heavy atom. The molecule has 0 amide bonds. The van der Waals surface area contributed by atoms with Gasteiger partial charge in [0.25, 0.3) is 5.69 Å². The van der Waals surface area contributed by atoms with E-state index in [2.05, 4.69) is 0 Å². The maximum absolute atomic E-state index is 10.6. The molecule has 0 aliphatic carbocycles. The zero-order chi connectivity index (χ0) is 13.0. The highest BCUT2D eigenvalue weighted by atomic mass is 35.5. The third kappa shape index (κ3) is 2.94. The fraction of sp³-hybridized carbons (Fsp3) is 0. The molecule has 0 saturated carbocycles. The van der Waals surface area contributed by atoms with Crippen LogP contribution in [0.1, 0.15) is 5.56 Å². The van der Waals surface area contributed by atoms with Crippen molar-refractivity contribution in [2.24, 2.45) is 0 Å². The molecule has 0 spiro atoms. The fourth-order valence-electron chi connectivity index (χ4n) is 1.05. The Labute approximate surface area is 106 Å². The molecule has 0 aromatic heterocycles. The van der Waals surface area contributed by atoms with Gasteiger partial charge < -0.3 is 0 Å². The van der Waals surface area contributed by atoms with Crippen LogP contribution in [0.25, 0.3) is 6.08 Å². The molecule has 1 rings (SSSR count). The number of benzene rings is 1. The van der Waals surface area contributed by atoms with Crippen molar-refractivity contribution in [2.45, 2.75) is 0 Å². The van der Waals surface area contributed by atoms with Gasteiger partial charge in [-0.1, -0.05) is 23.2 Å². The molecule has 0 radical (unpaired) electrons. The summed E-state index contributed by atoms with van der Waals surface area (Å²) in [6.07, 6.45) is 1.16. The quantitative estimate of drug-likeness (QED) is 0.467. The minimum atomic E-state index is -0.672. The molecule has 17 heavy (non-hydrogen) atoms. The molecule has 0 aliphatic heterocycles. The Balaban J connectivity index is 3.42. The third-order valence-corrected chi connectivity index (χ3v) is 2.43. The molecule has 0 saturated heterocycles. The normalized spacial score (nSPS) is 8.94. The number of hydrogen-bond donors (Lipinski definition) is 0. The Kier molecular flexibility index (Phi) is 4.06. The number of rotatable bonds is 2. The number of nitriles is 2. The summed E-state index contributed by atoms with van der Waals surface area (Å²) in [7, 11) is 0. The second kappa shape index (κ2) is 5.31. The third-order valence-electron chi connectivity index (χ3n) is 1.80. The number of nitrogens with zero attached hydrogens (tertiary/aromatic N) is 3. The monoisotopic (exact) mass is 267 g/mol. The van der Waals surface area contributed by atoms with E-state index < -0.39 is 4.92 Å². The van der Waals surface area contributed by atoms with Crippen molar-refractivity contribution in [3.63, 3.8) is 0 Å². The Bertz CT molecular complexity index is 581. The predicted octanol–water partition coefficient (Wildman–Crippen LogP) is 3.33. The SMILES string of the molecule is N#CC(C#N)=Cc1cc([N+](=O)[O-])c(Cl)cc1Cl. The second-order valence-corrected chi connectivity index (χ2v) is 3.68. The van der Waals surface area contributed by atoms with Crippen LogP contribution in [-0.2, 0) is 0 Å². The van der Waals surface area contributed by atoms with Gasteiger partial charge in [-0.05, 0) is 12.1 Å². The van der Waals surface area contributed by atoms with E-state index in [0.717, 1.165) is 12.1 Å². The van der Waals surface area contributed by atoms with E-state index >= 15 is 0 Å². The van der Waals surface area contributed by atoms with Gasteiger partial charge in [-0.15, -0.1) is 0 Å². The molecule has 0 bridgehead atoms. The van der Waals surface area contributed by atoms with Crippen LogP contribution in [-0.4, -0.2) is 4.92 Å². The lowest BCUT2D eigenvalue weighted by molar-refractivity contribution is -0.384. The van der Waals surface area contributed by atoms with Crippen LogP contribution in [0.4, 0.5) is 5.69 Å². The number of halogens is 2. The van der Waals surface area contributed by atoms with Gasteiger partial charge in [0.05, 0.1) is 4.92 Å². The molecule has 7 heteroatoms. The zero-order valence-electron chi connectivity index (χ0n) is 8.15. The van der Waals surface area contributed by atoms with Crippen LogP contribution in [0, 0.1) is 32.8 Å². The van der Waals surface area contributed by atoms with Gasteiger partial charge in [0.2, 0.25) is 0 Å². The molecule has 0 N–H and O–H groups in total. The van der Waals surface area contributed by atoms with E-state index in [1.807, 2.05) is 0 Å². The van der Waals surface area contributed by atoms with Crippen LogP contribution in [0.5, 0.6) is 0 Å². The van der Waals surface area contributed by atoms with Crippen LogP contribution in [0.2, 0.25) is 10.0 Å². The van der Waals surface area contributed by atoms with Gasteiger partial charge in [-0.3, -0.25) is 10.1 Å². The summed E-state index contributed by atoms with van der Waals surface area (Å²) in [6, 6.07) is 5.56. The molecule has 1 aromatic rings. The summed E-state index contributed by atoms with van der Waals surface area (Å²) < 4.78 is 0. The van der Waals surface area contributed by atoms with Crippen molar-refractivity contribution in [2.75, 3.05) is 0 Å². The summed E-state index contributed by atoms with van der Waals surface area (Å²) in [4.78, 5) is 9.97. The average Bonchev–Trinajstić information content (AvgIpc) is 2.27. The Morgan fingerprint density at radius 1 is 1.29 bits per heavy atom. The lowest BCUT2D eigenvalue weighted by atomic mass is 10.1. The minimum absolute atomic E-state index is 0.104. The van der Waals surface area contributed by atoms with Crippen LogP contribution in [0.15, 0.2) is 17.7 Å². The maximum Gasteiger partial charge on any atom is 0.288 e. The van der Waals surface area contributed by atoms with Crippen LogP contribution >= 0.6 is 23.2 Å². The van der Waals surface area contributed by atoms with E-state index in [9.17, 15) is 10.1 Å². The van der Waals surface area contributed by atoms with Gasteiger partial charge >= 0.3 is 0 Å². The first kappa shape index (κ1) is 13.0. The number of allylic oxidation sites excluding steroid dienone is 1. The molecule has 0 heterocycles. The fourth-order valence-corrected chi connectivity index (χ4v) is 1.56. The predicted molar refractivity (Wildman–Crippen MR) is 62.3 cm³/mol. The topological polar surface area (TPSA) is 90.7 Å². The van der Waals surface area contributed by atoms with Crippen molar-refractivity contribution < 1.29 is 4.92 Å². The van der Waals surface area contributed by atoms with Crippen molar-refractivity contribution >= 4 is 35.0 Å². The summed E-state index contributed by atoms with van der Waals surface area (Å²) in [6.45, 7) is 0. The summed E-state index contributed by atoms with van der Waals surface area (Å²) >= 11 is 11.4. The lowest BCUT2D eigenvalue weighted by Crippen LogP contribution is -1.91. The van der Waals surface area contributed by atoms with E-state index in [0.29, 0.717) is 0 Å². The molecule has 84 valence electrons. The van der Waals surface area contributed by atoms with E-state index in [4.69, 9.17) is 33.7 Å². The minimum Gasteiger partial charge on any atom is -0.258 e. The van der Waals surface area contributed by atoms with Crippen LogP contribution in [0.3, 0.4) is 0 Å².